The Kier molecular flexibility index (Phi) is 8.12. The van der Waals surface area contributed by atoms with Gasteiger partial charge in [-0.05, 0) is 59.7 Å². The molecule has 5 nitrogen and oxygen atoms in total. The molecule has 4 aromatic rings. The normalized spacial score (nSPS) is 10.8. The maximum Gasteiger partial charge on any atom is 0.355 e. The van der Waals surface area contributed by atoms with Crippen LogP contribution in [0.2, 0.25) is 0 Å². The first-order valence-electron chi connectivity index (χ1n) is 11.9. The highest BCUT2D eigenvalue weighted by atomic mass is 17.2. The van der Waals surface area contributed by atoms with Crippen LogP contribution in [0, 0.1) is 0 Å². The van der Waals surface area contributed by atoms with E-state index in [0.717, 1.165) is 29.5 Å². The van der Waals surface area contributed by atoms with E-state index >= 15 is 0 Å². The minimum Gasteiger partial charge on any atom is -0.329 e. The highest BCUT2D eigenvalue weighted by Crippen LogP contribution is 2.31. The second-order valence-electron chi connectivity index (χ2n) is 8.43. The lowest BCUT2D eigenvalue weighted by molar-refractivity contribution is -0.213. The summed E-state index contributed by atoms with van der Waals surface area (Å²) in [6.07, 6.45) is 4.29. The summed E-state index contributed by atoms with van der Waals surface area (Å²) < 4.78 is 0. The van der Waals surface area contributed by atoms with Gasteiger partial charge < -0.3 is 4.98 Å². The first-order chi connectivity index (χ1) is 17.1. The fraction of sp³-hybridized carbons (Fsp3) is 0.200. The lowest BCUT2D eigenvalue weighted by Gasteiger charge is -2.19. The molecule has 0 atom stereocenters. The van der Waals surface area contributed by atoms with Crippen molar-refractivity contribution in [3.8, 4) is 5.75 Å². The van der Waals surface area contributed by atoms with Gasteiger partial charge in [0.1, 0.15) is 0 Å². The van der Waals surface area contributed by atoms with Crippen molar-refractivity contribution in [3.05, 3.63) is 135 Å². The molecule has 0 saturated heterocycles. The monoisotopic (exact) mass is 467 g/mol. The standard InChI is InChI=1S/C30H29NO4/c1-2-28(32)35-34-27-18-10-12-22(19-27)11-9-17-25-20-26(21-31-30(25)33)29(23-13-5-3-6-14-23)24-15-7-4-8-16-24/h3-8,10,12-16,18-21,29H,2,9,11,17H2,1H3,(H,31,33). The van der Waals surface area contributed by atoms with E-state index in [-0.39, 0.29) is 17.9 Å². The number of aromatic amines is 1. The van der Waals surface area contributed by atoms with Crippen LogP contribution in [0.5, 0.6) is 5.75 Å². The Balaban J connectivity index is 1.49. The molecule has 178 valence electrons. The van der Waals surface area contributed by atoms with Crippen LogP contribution in [0.3, 0.4) is 0 Å². The van der Waals surface area contributed by atoms with Crippen molar-refractivity contribution in [2.24, 2.45) is 0 Å². The molecule has 0 aliphatic carbocycles. The van der Waals surface area contributed by atoms with E-state index < -0.39 is 5.97 Å². The second kappa shape index (κ2) is 11.8. The van der Waals surface area contributed by atoms with Crippen LogP contribution < -0.4 is 10.4 Å². The minimum absolute atomic E-state index is 0.0349. The number of benzene rings is 3. The van der Waals surface area contributed by atoms with E-state index in [9.17, 15) is 9.59 Å². The average Bonchev–Trinajstić information content (AvgIpc) is 2.90. The smallest absolute Gasteiger partial charge is 0.329 e. The zero-order valence-electron chi connectivity index (χ0n) is 19.8. The van der Waals surface area contributed by atoms with E-state index in [1.807, 2.05) is 66.9 Å². The number of hydrogen-bond donors (Lipinski definition) is 1. The zero-order chi connectivity index (χ0) is 24.5. The van der Waals surface area contributed by atoms with Gasteiger partial charge in [0.05, 0.1) is 0 Å². The molecule has 0 aliphatic heterocycles. The molecule has 1 N–H and O–H groups in total. The van der Waals surface area contributed by atoms with E-state index in [4.69, 9.17) is 9.78 Å². The minimum atomic E-state index is -0.418. The number of carbonyl (C=O) groups is 1. The summed E-state index contributed by atoms with van der Waals surface area (Å²) >= 11 is 0. The Hall–Kier alpha value is -4.12. The maximum atomic E-state index is 12.6. The molecule has 4 rings (SSSR count). The number of pyridine rings is 1. The Bertz CT molecular complexity index is 1260. The van der Waals surface area contributed by atoms with Crippen molar-refractivity contribution >= 4 is 5.97 Å². The van der Waals surface area contributed by atoms with Crippen molar-refractivity contribution in [1.29, 1.82) is 0 Å². The summed E-state index contributed by atoms with van der Waals surface area (Å²) in [5.41, 5.74) is 5.18. The molecule has 0 spiro atoms. The Morgan fingerprint density at radius 3 is 2.17 bits per heavy atom. The fourth-order valence-electron chi connectivity index (χ4n) is 4.16. The molecule has 0 radical (unpaired) electrons. The number of hydrogen-bond acceptors (Lipinski definition) is 4. The largest absolute Gasteiger partial charge is 0.355 e. The highest BCUT2D eigenvalue weighted by Gasteiger charge is 2.18. The van der Waals surface area contributed by atoms with Crippen LogP contribution in [0.1, 0.15) is 53.5 Å². The van der Waals surface area contributed by atoms with E-state index in [1.54, 1.807) is 13.0 Å². The highest BCUT2D eigenvalue weighted by molar-refractivity contribution is 5.68. The van der Waals surface area contributed by atoms with Gasteiger partial charge in [-0.3, -0.25) is 14.6 Å². The summed E-state index contributed by atoms with van der Waals surface area (Å²) in [4.78, 5) is 36.7. The summed E-state index contributed by atoms with van der Waals surface area (Å²) in [5, 5.41) is 0. The Morgan fingerprint density at radius 2 is 1.51 bits per heavy atom. The van der Waals surface area contributed by atoms with Crippen molar-refractivity contribution < 1.29 is 14.6 Å². The van der Waals surface area contributed by atoms with Gasteiger partial charge in [-0.25, -0.2) is 4.79 Å². The lowest BCUT2D eigenvalue weighted by Crippen LogP contribution is -2.15. The molecule has 35 heavy (non-hydrogen) atoms. The molecule has 0 aliphatic rings. The average molecular weight is 468 g/mol. The SMILES string of the molecule is CCC(=O)OOc1cccc(CCCc2cc(C(c3ccccc3)c3ccccc3)c[nH]c2=O)c1. The third kappa shape index (κ3) is 6.48. The molecular formula is C30H29NO4. The molecule has 5 heteroatoms. The van der Waals surface area contributed by atoms with Crippen LogP contribution in [0.25, 0.3) is 0 Å². The molecule has 0 unspecified atom stereocenters. The molecule has 0 saturated carbocycles. The van der Waals surface area contributed by atoms with Crippen molar-refractivity contribution in [3.63, 3.8) is 0 Å². The number of carbonyl (C=O) groups excluding carboxylic acids is 1. The molecule has 0 bridgehead atoms. The van der Waals surface area contributed by atoms with Gasteiger partial charge >= 0.3 is 5.97 Å². The summed E-state index contributed by atoms with van der Waals surface area (Å²) in [7, 11) is 0. The fourth-order valence-corrected chi connectivity index (χ4v) is 4.16. The lowest BCUT2D eigenvalue weighted by atomic mass is 9.85. The van der Waals surface area contributed by atoms with Gasteiger partial charge in [-0.1, -0.05) is 79.7 Å². The summed E-state index contributed by atoms with van der Waals surface area (Å²) in [6.45, 7) is 1.71. The molecule has 0 fully saturated rings. The van der Waals surface area contributed by atoms with Crippen molar-refractivity contribution in [2.45, 2.75) is 38.5 Å². The van der Waals surface area contributed by atoms with Crippen LogP contribution in [0.4, 0.5) is 0 Å². The number of aryl methyl sites for hydroxylation is 2. The first kappa shape index (κ1) is 24.0. The Morgan fingerprint density at radius 1 is 0.829 bits per heavy atom. The molecule has 1 aromatic heterocycles. The first-order valence-corrected chi connectivity index (χ1v) is 11.9. The molecule has 3 aromatic carbocycles. The summed E-state index contributed by atoms with van der Waals surface area (Å²) in [6, 6.07) is 30.2. The predicted octanol–water partition coefficient (Wildman–Crippen LogP) is 5.98. The van der Waals surface area contributed by atoms with E-state index in [0.29, 0.717) is 12.2 Å². The van der Waals surface area contributed by atoms with E-state index in [1.165, 1.54) is 11.1 Å². The van der Waals surface area contributed by atoms with Gasteiger partial charge in [0.15, 0.2) is 5.75 Å². The number of nitrogens with one attached hydrogen (secondary N) is 1. The number of H-pyrrole nitrogens is 1. The summed E-state index contributed by atoms with van der Waals surface area (Å²) in [5.74, 6) is 0.101. The Labute approximate surface area is 205 Å². The number of aromatic nitrogens is 1. The number of rotatable bonds is 10. The predicted molar refractivity (Wildman–Crippen MR) is 136 cm³/mol. The topological polar surface area (TPSA) is 68.4 Å². The second-order valence-corrected chi connectivity index (χ2v) is 8.43. The van der Waals surface area contributed by atoms with Gasteiger partial charge in [0, 0.05) is 24.1 Å². The van der Waals surface area contributed by atoms with Gasteiger partial charge in [-0.2, -0.15) is 0 Å². The molecule has 1 heterocycles. The van der Waals surface area contributed by atoms with Crippen LogP contribution >= 0.6 is 0 Å². The van der Waals surface area contributed by atoms with Gasteiger partial charge in [0.2, 0.25) is 0 Å². The third-order valence-electron chi connectivity index (χ3n) is 5.93. The van der Waals surface area contributed by atoms with Crippen LogP contribution in [0.15, 0.2) is 102 Å². The third-order valence-corrected chi connectivity index (χ3v) is 5.93. The zero-order valence-corrected chi connectivity index (χ0v) is 19.8. The van der Waals surface area contributed by atoms with Gasteiger partial charge in [0.25, 0.3) is 5.56 Å². The quantitative estimate of drug-likeness (QED) is 0.230. The van der Waals surface area contributed by atoms with Gasteiger partial charge in [-0.15, -0.1) is 0 Å². The molecular weight excluding hydrogens is 438 g/mol. The van der Waals surface area contributed by atoms with Crippen molar-refractivity contribution in [1.82, 2.24) is 4.98 Å². The molecule has 0 amide bonds. The van der Waals surface area contributed by atoms with Crippen LogP contribution in [-0.4, -0.2) is 11.0 Å². The maximum absolute atomic E-state index is 12.6. The van der Waals surface area contributed by atoms with E-state index in [2.05, 4.69) is 29.2 Å². The van der Waals surface area contributed by atoms with Crippen LogP contribution in [-0.2, 0) is 22.5 Å². The van der Waals surface area contributed by atoms with Crippen molar-refractivity contribution in [2.75, 3.05) is 0 Å².